The van der Waals surface area contributed by atoms with Crippen LogP contribution in [0, 0.1) is 0 Å². The largest absolute Gasteiger partial charge is 0.496 e. The van der Waals surface area contributed by atoms with Gasteiger partial charge in [-0.05, 0) is 29.8 Å². The summed E-state index contributed by atoms with van der Waals surface area (Å²) >= 11 is 10.4. The first-order valence-corrected chi connectivity index (χ1v) is 6.02. The molecule has 0 radical (unpaired) electrons. The Kier molecular flexibility index (Phi) is 3.23. The highest BCUT2D eigenvalue weighted by Gasteiger charge is 2.10. The number of ether oxygens (including phenoxy) is 1. The zero-order valence-electron chi connectivity index (χ0n) is 7.70. The Morgan fingerprint density at radius 1 is 1.40 bits per heavy atom. The standard InChI is InChI=1S/C9H6BrClN2OS/c1-14-7-4-5(10)2-3-6(7)8-12-13-9(11)15-8/h2-4H,1H3. The molecule has 0 bridgehead atoms. The quantitative estimate of drug-likeness (QED) is 0.850. The predicted molar refractivity (Wildman–Crippen MR) is 64.6 cm³/mol. The highest BCUT2D eigenvalue weighted by Crippen LogP contribution is 2.34. The number of benzene rings is 1. The molecule has 2 rings (SSSR count). The molecular weight excluding hydrogens is 300 g/mol. The summed E-state index contributed by atoms with van der Waals surface area (Å²) in [5.74, 6) is 0.747. The molecule has 1 aromatic carbocycles. The van der Waals surface area contributed by atoms with E-state index in [9.17, 15) is 0 Å². The average Bonchev–Trinajstić information content (AvgIpc) is 2.64. The minimum absolute atomic E-state index is 0.426. The third kappa shape index (κ3) is 2.30. The van der Waals surface area contributed by atoms with Gasteiger partial charge in [0.2, 0.25) is 4.47 Å². The molecular formula is C9H6BrClN2OS. The highest BCUT2D eigenvalue weighted by molar-refractivity contribution is 9.10. The molecule has 6 heteroatoms. The first-order chi connectivity index (χ1) is 7.20. The Morgan fingerprint density at radius 3 is 2.80 bits per heavy atom. The summed E-state index contributed by atoms with van der Waals surface area (Å²) in [5.41, 5.74) is 0.894. The maximum atomic E-state index is 5.73. The van der Waals surface area contributed by atoms with Gasteiger partial charge in [-0.1, -0.05) is 27.3 Å². The molecule has 0 spiro atoms. The van der Waals surface area contributed by atoms with Crippen LogP contribution in [-0.2, 0) is 0 Å². The Hall–Kier alpha value is -0.650. The summed E-state index contributed by atoms with van der Waals surface area (Å²) in [6.07, 6.45) is 0. The molecule has 0 saturated carbocycles. The highest BCUT2D eigenvalue weighted by atomic mass is 79.9. The van der Waals surface area contributed by atoms with Gasteiger partial charge in [0, 0.05) is 4.47 Å². The number of hydrogen-bond donors (Lipinski definition) is 0. The second kappa shape index (κ2) is 4.47. The summed E-state index contributed by atoms with van der Waals surface area (Å²) in [6, 6.07) is 5.72. The van der Waals surface area contributed by atoms with Crippen molar-refractivity contribution in [1.29, 1.82) is 0 Å². The third-order valence-electron chi connectivity index (χ3n) is 1.79. The van der Waals surface area contributed by atoms with Crippen molar-refractivity contribution in [2.45, 2.75) is 0 Å². The minimum Gasteiger partial charge on any atom is -0.496 e. The van der Waals surface area contributed by atoms with Crippen LogP contribution in [0.15, 0.2) is 22.7 Å². The van der Waals surface area contributed by atoms with Crippen LogP contribution in [0.4, 0.5) is 0 Å². The lowest BCUT2D eigenvalue weighted by molar-refractivity contribution is 0.416. The van der Waals surface area contributed by atoms with E-state index in [0.29, 0.717) is 4.47 Å². The molecule has 0 unspecified atom stereocenters. The van der Waals surface area contributed by atoms with Crippen LogP contribution in [0.3, 0.4) is 0 Å². The number of nitrogens with zero attached hydrogens (tertiary/aromatic N) is 2. The van der Waals surface area contributed by atoms with E-state index in [1.54, 1.807) is 7.11 Å². The fourth-order valence-corrected chi connectivity index (χ4v) is 2.35. The lowest BCUT2D eigenvalue weighted by Gasteiger charge is -2.05. The van der Waals surface area contributed by atoms with E-state index in [2.05, 4.69) is 26.1 Å². The van der Waals surface area contributed by atoms with Crippen molar-refractivity contribution in [3.63, 3.8) is 0 Å². The van der Waals surface area contributed by atoms with Crippen LogP contribution in [0.2, 0.25) is 4.47 Å². The van der Waals surface area contributed by atoms with Crippen molar-refractivity contribution in [2.24, 2.45) is 0 Å². The molecule has 0 N–H and O–H groups in total. The number of methoxy groups -OCH3 is 1. The van der Waals surface area contributed by atoms with Crippen molar-refractivity contribution >= 4 is 38.9 Å². The van der Waals surface area contributed by atoms with Gasteiger partial charge in [-0.25, -0.2) is 0 Å². The second-order valence-corrected chi connectivity index (χ2v) is 5.18. The molecule has 15 heavy (non-hydrogen) atoms. The second-order valence-electron chi connectivity index (χ2n) is 2.70. The lowest BCUT2D eigenvalue weighted by Crippen LogP contribution is -1.87. The van der Waals surface area contributed by atoms with E-state index in [4.69, 9.17) is 16.3 Å². The van der Waals surface area contributed by atoms with Crippen LogP contribution >= 0.6 is 38.9 Å². The van der Waals surface area contributed by atoms with Gasteiger partial charge in [-0.2, -0.15) is 0 Å². The monoisotopic (exact) mass is 304 g/mol. The number of aromatic nitrogens is 2. The Balaban J connectivity index is 2.52. The van der Waals surface area contributed by atoms with Gasteiger partial charge < -0.3 is 4.74 Å². The molecule has 0 fully saturated rings. The number of rotatable bonds is 2. The van der Waals surface area contributed by atoms with Gasteiger partial charge >= 0.3 is 0 Å². The van der Waals surface area contributed by atoms with Crippen molar-refractivity contribution in [3.05, 3.63) is 27.1 Å². The summed E-state index contributed by atoms with van der Waals surface area (Å²) in [4.78, 5) is 0. The van der Waals surface area contributed by atoms with Gasteiger partial charge in [0.1, 0.15) is 5.75 Å². The Bertz CT molecular complexity index is 489. The molecule has 0 amide bonds. The fraction of sp³-hybridized carbons (Fsp3) is 0.111. The molecule has 2 aromatic rings. The van der Waals surface area contributed by atoms with Crippen molar-refractivity contribution in [3.8, 4) is 16.3 Å². The van der Waals surface area contributed by atoms with E-state index in [1.807, 2.05) is 18.2 Å². The number of hydrogen-bond acceptors (Lipinski definition) is 4. The van der Waals surface area contributed by atoms with Crippen LogP contribution < -0.4 is 4.74 Å². The fourth-order valence-electron chi connectivity index (χ4n) is 1.16. The molecule has 0 saturated heterocycles. The van der Waals surface area contributed by atoms with Crippen molar-refractivity contribution in [2.75, 3.05) is 7.11 Å². The Morgan fingerprint density at radius 2 is 2.20 bits per heavy atom. The van der Waals surface area contributed by atoms with E-state index in [0.717, 1.165) is 20.8 Å². The van der Waals surface area contributed by atoms with Crippen LogP contribution in [0.1, 0.15) is 0 Å². The Labute approximate surface area is 104 Å². The SMILES string of the molecule is COc1cc(Br)ccc1-c1nnc(Cl)s1. The molecule has 3 nitrogen and oxygen atoms in total. The molecule has 0 aliphatic heterocycles. The topological polar surface area (TPSA) is 35.0 Å². The molecule has 78 valence electrons. The molecule has 1 aromatic heterocycles. The first kappa shape index (κ1) is 10.9. The number of halogens is 2. The third-order valence-corrected chi connectivity index (χ3v) is 3.34. The summed E-state index contributed by atoms with van der Waals surface area (Å²) in [6.45, 7) is 0. The van der Waals surface area contributed by atoms with Gasteiger partial charge in [0.25, 0.3) is 0 Å². The maximum absolute atomic E-state index is 5.73. The van der Waals surface area contributed by atoms with Gasteiger partial charge in [0.15, 0.2) is 5.01 Å². The summed E-state index contributed by atoms with van der Waals surface area (Å²) < 4.78 is 6.64. The van der Waals surface area contributed by atoms with Crippen LogP contribution in [0.25, 0.3) is 10.6 Å². The zero-order chi connectivity index (χ0) is 10.8. The van der Waals surface area contributed by atoms with Gasteiger partial charge in [-0.3, -0.25) is 0 Å². The normalized spacial score (nSPS) is 10.3. The van der Waals surface area contributed by atoms with E-state index in [1.165, 1.54) is 11.3 Å². The van der Waals surface area contributed by atoms with E-state index in [-0.39, 0.29) is 0 Å². The molecule has 0 atom stereocenters. The molecule has 1 heterocycles. The van der Waals surface area contributed by atoms with Gasteiger partial charge in [-0.15, -0.1) is 10.2 Å². The lowest BCUT2D eigenvalue weighted by atomic mass is 10.2. The van der Waals surface area contributed by atoms with E-state index < -0.39 is 0 Å². The molecule has 0 aliphatic carbocycles. The van der Waals surface area contributed by atoms with Gasteiger partial charge in [0.05, 0.1) is 12.7 Å². The smallest absolute Gasteiger partial charge is 0.207 e. The first-order valence-electron chi connectivity index (χ1n) is 4.03. The van der Waals surface area contributed by atoms with Crippen molar-refractivity contribution in [1.82, 2.24) is 10.2 Å². The average molecular weight is 306 g/mol. The predicted octanol–water partition coefficient (Wildman–Crippen LogP) is 3.63. The zero-order valence-corrected chi connectivity index (χ0v) is 10.9. The summed E-state index contributed by atoms with van der Waals surface area (Å²) in [5, 5.41) is 8.48. The van der Waals surface area contributed by atoms with Crippen LogP contribution in [-0.4, -0.2) is 17.3 Å². The summed E-state index contributed by atoms with van der Waals surface area (Å²) in [7, 11) is 1.62. The van der Waals surface area contributed by atoms with Crippen LogP contribution in [0.5, 0.6) is 5.75 Å². The van der Waals surface area contributed by atoms with Crippen molar-refractivity contribution < 1.29 is 4.74 Å². The minimum atomic E-state index is 0.426. The van der Waals surface area contributed by atoms with E-state index >= 15 is 0 Å². The maximum Gasteiger partial charge on any atom is 0.207 e. The molecule has 0 aliphatic rings.